The number of aliphatic carboxylic acids is 1. The zero-order chi connectivity index (χ0) is 17.5. The van der Waals surface area contributed by atoms with Gasteiger partial charge in [-0.1, -0.05) is 0 Å². The van der Waals surface area contributed by atoms with Gasteiger partial charge >= 0.3 is 5.97 Å². The van der Waals surface area contributed by atoms with Crippen LogP contribution in [0.25, 0.3) is 6.08 Å². The zero-order valence-electron chi connectivity index (χ0n) is 12.8. The summed E-state index contributed by atoms with van der Waals surface area (Å²) in [7, 11) is -1.27. The second-order valence-corrected chi connectivity index (χ2v) is 6.14. The molecule has 1 aromatic carbocycles. The molecule has 0 atom stereocenters. The smallest absolute Gasteiger partial charge is 0.328 e. The fraction of sp³-hybridized carbons (Fsp3) is 0.357. The number of carboxylic acid groups (broad SMARTS) is 1. The van der Waals surface area contributed by atoms with E-state index in [0.29, 0.717) is 5.56 Å². The number of carbonyl (C=O) groups is 1. The van der Waals surface area contributed by atoms with Crippen LogP contribution in [0, 0.1) is 0 Å². The van der Waals surface area contributed by atoms with Crippen molar-refractivity contribution in [3.63, 3.8) is 0 Å². The van der Waals surface area contributed by atoms with Crippen molar-refractivity contribution in [3.05, 3.63) is 23.8 Å². The molecule has 0 saturated heterocycles. The normalized spacial score (nSPS) is 11.6. The Bertz CT molecular complexity index is 683. The van der Waals surface area contributed by atoms with Crippen molar-refractivity contribution in [1.82, 2.24) is 4.72 Å². The summed E-state index contributed by atoms with van der Waals surface area (Å²) in [5.41, 5.74) is 0.326. The Morgan fingerprint density at radius 2 is 2.00 bits per heavy atom. The van der Waals surface area contributed by atoms with Gasteiger partial charge in [0.25, 0.3) is 0 Å². The lowest BCUT2D eigenvalue weighted by atomic mass is 10.2. The van der Waals surface area contributed by atoms with Crippen LogP contribution in [0.5, 0.6) is 11.5 Å². The average Bonchev–Trinajstić information content (AvgIpc) is 2.51. The Kier molecular flexibility index (Phi) is 7.01. The van der Waals surface area contributed by atoms with Crippen LogP contribution in [0.15, 0.2) is 23.1 Å². The van der Waals surface area contributed by atoms with Crippen LogP contribution in [0.1, 0.15) is 12.0 Å². The minimum absolute atomic E-state index is 0.0106. The topological polar surface area (TPSA) is 122 Å². The molecule has 1 aromatic rings. The first-order valence-electron chi connectivity index (χ1n) is 6.63. The second-order valence-electron chi connectivity index (χ2n) is 4.40. The summed E-state index contributed by atoms with van der Waals surface area (Å²) >= 11 is 0. The third kappa shape index (κ3) is 5.23. The number of aliphatic hydroxyl groups excluding tert-OH is 1. The molecule has 23 heavy (non-hydrogen) atoms. The predicted octanol–water partition coefficient (Wildman–Crippen LogP) is 0.462. The summed E-state index contributed by atoms with van der Waals surface area (Å²) < 4.78 is 37.3. The number of aliphatic hydroxyl groups is 1. The summed E-state index contributed by atoms with van der Waals surface area (Å²) in [6, 6.07) is 2.74. The molecule has 0 aromatic heterocycles. The highest BCUT2D eigenvalue weighted by atomic mass is 32.2. The molecular weight excluding hydrogens is 326 g/mol. The van der Waals surface area contributed by atoms with Crippen LogP contribution >= 0.6 is 0 Å². The van der Waals surface area contributed by atoms with Gasteiger partial charge in [-0.15, -0.1) is 0 Å². The number of hydrogen-bond donors (Lipinski definition) is 3. The number of sulfonamides is 1. The molecule has 0 unspecified atom stereocenters. The SMILES string of the molecule is COc1cc(C=CC(=O)O)cc(S(=O)(=O)NCCCO)c1OC. The van der Waals surface area contributed by atoms with Gasteiger partial charge in [0.2, 0.25) is 10.0 Å². The maximum absolute atomic E-state index is 12.4. The highest BCUT2D eigenvalue weighted by molar-refractivity contribution is 7.89. The molecule has 3 N–H and O–H groups in total. The third-order valence-electron chi connectivity index (χ3n) is 2.80. The molecule has 0 radical (unpaired) electrons. The largest absolute Gasteiger partial charge is 0.493 e. The molecule has 0 amide bonds. The van der Waals surface area contributed by atoms with E-state index in [9.17, 15) is 13.2 Å². The Morgan fingerprint density at radius 1 is 1.30 bits per heavy atom. The lowest BCUT2D eigenvalue weighted by molar-refractivity contribution is -0.131. The first kappa shape index (κ1) is 18.9. The van der Waals surface area contributed by atoms with Gasteiger partial charge in [-0.3, -0.25) is 0 Å². The van der Waals surface area contributed by atoms with E-state index in [1.54, 1.807) is 0 Å². The van der Waals surface area contributed by atoms with E-state index < -0.39 is 16.0 Å². The van der Waals surface area contributed by atoms with Crippen LogP contribution in [-0.2, 0) is 14.8 Å². The van der Waals surface area contributed by atoms with E-state index in [4.69, 9.17) is 19.7 Å². The Hall–Kier alpha value is -2.10. The van der Waals surface area contributed by atoms with E-state index >= 15 is 0 Å². The minimum Gasteiger partial charge on any atom is -0.493 e. The first-order chi connectivity index (χ1) is 10.9. The third-order valence-corrected chi connectivity index (χ3v) is 4.27. The molecule has 0 heterocycles. The summed E-state index contributed by atoms with van der Waals surface area (Å²) in [5.74, 6) is -0.996. The van der Waals surface area contributed by atoms with Gasteiger partial charge < -0.3 is 19.7 Å². The maximum Gasteiger partial charge on any atom is 0.328 e. The minimum atomic E-state index is -3.92. The zero-order valence-corrected chi connectivity index (χ0v) is 13.6. The van der Waals surface area contributed by atoms with Crippen LogP contribution in [0.2, 0.25) is 0 Å². The highest BCUT2D eigenvalue weighted by Gasteiger charge is 2.23. The number of carboxylic acids is 1. The molecule has 0 aliphatic rings. The van der Waals surface area contributed by atoms with Crippen LogP contribution < -0.4 is 14.2 Å². The molecule has 0 aliphatic carbocycles. The fourth-order valence-electron chi connectivity index (χ4n) is 1.78. The Morgan fingerprint density at radius 3 is 2.52 bits per heavy atom. The number of nitrogens with one attached hydrogen (secondary N) is 1. The van der Waals surface area contributed by atoms with Crippen molar-refractivity contribution < 1.29 is 32.9 Å². The predicted molar refractivity (Wildman–Crippen MR) is 83.1 cm³/mol. The number of rotatable bonds is 9. The summed E-state index contributed by atoms with van der Waals surface area (Å²) in [6.45, 7) is -0.0934. The molecule has 9 heteroatoms. The Labute approximate surface area is 134 Å². The van der Waals surface area contributed by atoms with Crippen LogP contribution in [-0.4, -0.2) is 52.0 Å². The second kappa shape index (κ2) is 8.51. The van der Waals surface area contributed by atoms with Crippen molar-refractivity contribution >= 4 is 22.1 Å². The molecule has 0 aliphatic heterocycles. The van der Waals surface area contributed by atoms with Crippen LogP contribution in [0.3, 0.4) is 0 Å². The first-order valence-corrected chi connectivity index (χ1v) is 8.11. The lowest BCUT2D eigenvalue weighted by Gasteiger charge is -2.15. The van der Waals surface area contributed by atoms with Gasteiger partial charge in [0.15, 0.2) is 11.5 Å². The number of ether oxygens (including phenoxy) is 2. The fourth-order valence-corrected chi connectivity index (χ4v) is 3.06. The lowest BCUT2D eigenvalue weighted by Crippen LogP contribution is -2.26. The molecule has 8 nitrogen and oxygen atoms in total. The quantitative estimate of drug-likeness (QED) is 0.439. The monoisotopic (exact) mass is 345 g/mol. The maximum atomic E-state index is 12.4. The summed E-state index contributed by atoms with van der Waals surface area (Å²) in [6.07, 6.45) is 2.39. The van der Waals surface area contributed by atoms with Gasteiger partial charge in [0.1, 0.15) is 4.90 Å². The molecule has 0 spiro atoms. The van der Waals surface area contributed by atoms with Gasteiger partial charge in [0.05, 0.1) is 14.2 Å². The Balaban J connectivity index is 3.37. The molecule has 0 bridgehead atoms. The van der Waals surface area contributed by atoms with Crippen molar-refractivity contribution in [1.29, 1.82) is 0 Å². The van der Waals surface area contributed by atoms with Crippen molar-refractivity contribution in [2.75, 3.05) is 27.4 Å². The van der Waals surface area contributed by atoms with Crippen molar-refractivity contribution in [2.45, 2.75) is 11.3 Å². The number of hydrogen-bond acceptors (Lipinski definition) is 6. The van der Waals surface area contributed by atoms with E-state index in [2.05, 4.69) is 4.72 Å². The van der Waals surface area contributed by atoms with E-state index in [0.717, 1.165) is 6.08 Å². The van der Waals surface area contributed by atoms with Gasteiger partial charge in [0, 0.05) is 19.2 Å². The van der Waals surface area contributed by atoms with Crippen molar-refractivity contribution in [2.24, 2.45) is 0 Å². The van der Waals surface area contributed by atoms with Gasteiger partial charge in [-0.05, 0) is 30.2 Å². The molecule has 0 saturated carbocycles. The summed E-state index contributed by atoms with van der Waals surface area (Å²) in [4.78, 5) is 10.4. The molecular formula is C14H19NO7S. The van der Waals surface area contributed by atoms with E-state index in [-0.39, 0.29) is 36.0 Å². The van der Waals surface area contributed by atoms with Crippen molar-refractivity contribution in [3.8, 4) is 11.5 Å². The summed E-state index contributed by atoms with van der Waals surface area (Å²) in [5, 5.41) is 17.4. The van der Waals surface area contributed by atoms with Gasteiger partial charge in [-0.2, -0.15) is 0 Å². The standard InChI is InChI=1S/C14H19NO7S/c1-21-11-8-10(4-5-13(17)18)9-12(14(11)22-2)23(19,20)15-6-3-7-16/h4-5,8-9,15-16H,3,6-7H2,1-2H3,(H,17,18). The van der Waals surface area contributed by atoms with Crippen LogP contribution in [0.4, 0.5) is 0 Å². The van der Waals surface area contributed by atoms with E-state index in [1.807, 2.05) is 0 Å². The molecule has 128 valence electrons. The molecule has 0 fully saturated rings. The number of benzene rings is 1. The number of methoxy groups -OCH3 is 2. The van der Waals surface area contributed by atoms with Gasteiger partial charge in [-0.25, -0.2) is 17.9 Å². The average molecular weight is 345 g/mol. The highest BCUT2D eigenvalue weighted by Crippen LogP contribution is 2.35. The molecule has 1 rings (SSSR count). The van der Waals surface area contributed by atoms with E-state index in [1.165, 1.54) is 32.4 Å².